The zero-order valence-electron chi connectivity index (χ0n) is 16.5. The van der Waals surface area contributed by atoms with Crippen LogP contribution in [0.1, 0.15) is 31.2 Å². The first-order valence-electron chi connectivity index (χ1n) is 10.0. The van der Waals surface area contributed by atoms with E-state index in [1.165, 1.54) is 18.3 Å². The van der Waals surface area contributed by atoms with E-state index in [9.17, 15) is 23.6 Å². The molecule has 1 aliphatic carbocycles. The summed E-state index contributed by atoms with van der Waals surface area (Å²) in [6.07, 6.45) is 4.83. The third-order valence-electron chi connectivity index (χ3n) is 5.34. The molecule has 1 aromatic carbocycles. The van der Waals surface area contributed by atoms with Crippen molar-refractivity contribution in [1.29, 1.82) is 0 Å². The van der Waals surface area contributed by atoms with E-state index in [1.54, 1.807) is 18.2 Å². The molecule has 0 saturated heterocycles. The van der Waals surface area contributed by atoms with E-state index in [0.29, 0.717) is 12.1 Å². The maximum atomic E-state index is 13.7. The Balaban J connectivity index is 1.53. The Hall–Kier alpha value is -3.23. The minimum absolute atomic E-state index is 0.0362. The molecule has 1 heterocycles. The molecule has 1 aliphatic rings. The van der Waals surface area contributed by atoms with E-state index in [-0.39, 0.29) is 36.7 Å². The van der Waals surface area contributed by atoms with Gasteiger partial charge in [-0.15, -0.1) is 0 Å². The van der Waals surface area contributed by atoms with Crippen molar-refractivity contribution in [2.45, 2.75) is 44.7 Å². The highest BCUT2D eigenvalue weighted by Gasteiger charge is 2.27. The van der Waals surface area contributed by atoms with E-state index in [2.05, 4.69) is 15.6 Å². The van der Waals surface area contributed by atoms with Crippen molar-refractivity contribution < 1.29 is 14.0 Å². The molecule has 0 aliphatic heterocycles. The highest BCUT2D eigenvalue weighted by atomic mass is 19.1. The number of carbonyl (C=O) groups excluding carboxylic acids is 2. The van der Waals surface area contributed by atoms with Gasteiger partial charge in [0.1, 0.15) is 12.4 Å². The standard InChI is InChI=1S/C21H25FN4O4/c22-16-7-3-1-5-14(16)11-19(28)23-12-15-6-2-4-8-17(15)24-20(29)13-26-10-9-18(27)25-21(26)30/h1,3,5,7,9-10,15,17H,2,4,6,8,11-13H2,(H,23,28)(H,24,29)(H,25,27,30). The van der Waals surface area contributed by atoms with Gasteiger partial charge >= 0.3 is 5.69 Å². The Morgan fingerprint density at radius 3 is 2.63 bits per heavy atom. The summed E-state index contributed by atoms with van der Waals surface area (Å²) >= 11 is 0. The van der Waals surface area contributed by atoms with Crippen LogP contribution in [0.3, 0.4) is 0 Å². The molecule has 1 saturated carbocycles. The van der Waals surface area contributed by atoms with Crippen molar-refractivity contribution in [3.05, 3.63) is 68.7 Å². The van der Waals surface area contributed by atoms with Crippen LogP contribution in [0.25, 0.3) is 0 Å². The number of carbonyl (C=O) groups is 2. The second-order valence-corrected chi connectivity index (χ2v) is 7.53. The van der Waals surface area contributed by atoms with E-state index in [4.69, 9.17) is 0 Å². The van der Waals surface area contributed by atoms with Crippen LogP contribution in [-0.2, 0) is 22.6 Å². The minimum atomic E-state index is -0.641. The lowest BCUT2D eigenvalue weighted by Gasteiger charge is -2.32. The fourth-order valence-electron chi connectivity index (χ4n) is 3.74. The van der Waals surface area contributed by atoms with Crippen molar-refractivity contribution in [2.75, 3.05) is 6.54 Å². The SMILES string of the molecule is O=C(Cc1ccccc1F)NCC1CCCCC1NC(=O)Cn1ccc(=O)[nH]c1=O. The van der Waals surface area contributed by atoms with Crippen LogP contribution in [0.5, 0.6) is 0 Å². The molecular weight excluding hydrogens is 391 g/mol. The van der Waals surface area contributed by atoms with Gasteiger partial charge in [0.2, 0.25) is 11.8 Å². The maximum Gasteiger partial charge on any atom is 0.328 e. The number of aromatic nitrogens is 2. The molecule has 8 nitrogen and oxygen atoms in total. The number of amides is 2. The number of hydrogen-bond acceptors (Lipinski definition) is 4. The molecule has 30 heavy (non-hydrogen) atoms. The number of halogens is 1. The minimum Gasteiger partial charge on any atom is -0.355 e. The highest BCUT2D eigenvalue weighted by molar-refractivity contribution is 5.78. The summed E-state index contributed by atoms with van der Waals surface area (Å²) in [5.41, 5.74) is -0.816. The summed E-state index contributed by atoms with van der Waals surface area (Å²) in [5, 5.41) is 5.78. The lowest BCUT2D eigenvalue weighted by atomic mass is 9.84. The quantitative estimate of drug-likeness (QED) is 0.617. The lowest BCUT2D eigenvalue weighted by molar-refractivity contribution is -0.123. The summed E-state index contributed by atoms with van der Waals surface area (Å²) in [5.74, 6) is -0.957. The first-order valence-corrected chi connectivity index (χ1v) is 10.0. The van der Waals surface area contributed by atoms with Crippen LogP contribution in [0.4, 0.5) is 4.39 Å². The van der Waals surface area contributed by atoms with E-state index in [0.717, 1.165) is 30.3 Å². The molecule has 0 bridgehead atoms. The van der Waals surface area contributed by atoms with Gasteiger partial charge in [-0.1, -0.05) is 31.0 Å². The summed E-state index contributed by atoms with van der Waals surface area (Å²) in [7, 11) is 0. The fourth-order valence-corrected chi connectivity index (χ4v) is 3.74. The Bertz CT molecular complexity index is 1020. The molecule has 9 heteroatoms. The van der Waals surface area contributed by atoms with Gasteiger partial charge in [0.05, 0.1) is 6.42 Å². The van der Waals surface area contributed by atoms with Gasteiger partial charge in [-0.2, -0.15) is 0 Å². The van der Waals surface area contributed by atoms with Gasteiger partial charge in [0, 0.05) is 24.8 Å². The molecule has 1 aromatic heterocycles. The Labute approximate surface area is 172 Å². The number of nitrogens with zero attached hydrogens (tertiary/aromatic N) is 1. The molecular formula is C21H25FN4O4. The number of rotatable bonds is 7. The average Bonchev–Trinajstić information content (AvgIpc) is 2.71. The molecule has 0 radical (unpaired) electrons. The van der Waals surface area contributed by atoms with Crippen LogP contribution in [-0.4, -0.2) is 34.0 Å². The summed E-state index contributed by atoms with van der Waals surface area (Å²) < 4.78 is 14.8. The van der Waals surface area contributed by atoms with Crippen LogP contribution >= 0.6 is 0 Å². The van der Waals surface area contributed by atoms with E-state index in [1.807, 2.05) is 0 Å². The van der Waals surface area contributed by atoms with E-state index < -0.39 is 17.1 Å². The van der Waals surface area contributed by atoms with Gasteiger partial charge in [-0.25, -0.2) is 9.18 Å². The summed E-state index contributed by atoms with van der Waals surface area (Å²) in [6, 6.07) is 7.22. The number of benzene rings is 1. The van der Waals surface area contributed by atoms with Crippen LogP contribution < -0.4 is 21.9 Å². The van der Waals surface area contributed by atoms with Crippen molar-refractivity contribution in [3.63, 3.8) is 0 Å². The normalized spacial score (nSPS) is 18.6. The van der Waals surface area contributed by atoms with Crippen molar-refractivity contribution in [1.82, 2.24) is 20.2 Å². The second-order valence-electron chi connectivity index (χ2n) is 7.53. The summed E-state index contributed by atoms with van der Waals surface area (Å²) in [4.78, 5) is 49.6. The van der Waals surface area contributed by atoms with E-state index >= 15 is 0 Å². The van der Waals surface area contributed by atoms with Crippen LogP contribution in [0.15, 0.2) is 46.1 Å². The second kappa shape index (κ2) is 10.00. The molecule has 2 aromatic rings. The molecule has 2 atom stereocenters. The van der Waals surface area contributed by atoms with Crippen molar-refractivity contribution in [3.8, 4) is 0 Å². The van der Waals surface area contributed by atoms with Crippen molar-refractivity contribution >= 4 is 11.8 Å². The first-order chi connectivity index (χ1) is 14.4. The molecule has 160 valence electrons. The molecule has 3 rings (SSSR count). The van der Waals surface area contributed by atoms with Crippen LogP contribution in [0.2, 0.25) is 0 Å². The number of nitrogens with one attached hydrogen (secondary N) is 3. The first kappa shape index (κ1) is 21.5. The van der Waals surface area contributed by atoms with Gasteiger partial charge < -0.3 is 10.6 Å². The topological polar surface area (TPSA) is 113 Å². The molecule has 2 unspecified atom stereocenters. The predicted octanol–water partition coefficient (Wildman–Crippen LogP) is 0.710. The molecule has 2 amide bonds. The molecule has 1 fully saturated rings. The fraction of sp³-hybridized carbons (Fsp3) is 0.429. The van der Waals surface area contributed by atoms with Gasteiger partial charge in [0.15, 0.2) is 0 Å². The number of aromatic amines is 1. The zero-order chi connectivity index (χ0) is 21.5. The van der Waals surface area contributed by atoms with Gasteiger partial charge in [-0.3, -0.25) is 23.9 Å². The number of hydrogen-bond donors (Lipinski definition) is 3. The Morgan fingerprint density at radius 1 is 1.10 bits per heavy atom. The number of H-pyrrole nitrogens is 1. The maximum absolute atomic E-state index is 13.7. The van der Waals surface area contributed by atoms with Gasteiger partial charge in [0.25, 0.3) is 5.56 Å². The summed E-state index contributed by atoms with van der Waals surface area (Å²) in [6.45, 7) is 0.190. The predicted molar refractivity (Wildman–Crippen MR) is 108 cm³/mol. The molecule has 3 N–H and O–H groups in total. The highest BCUT2D eigenvalue weighted by Crippen LogP contribution is 2.24. The Morgan fingerprint density at radius 2 is 1.87 bits per heavy atom. The average molecular weight is 416 g/mol. The van der Waals surface area contributed by atoms with Crippen molar-refractivity contribution in [2.24, 2.45) is 5.92 Å². The Kier molecular flexibility index (Phi) is 7.16. The third kappa shape index (κ3) is 5.88. The third-order valence-corrected chi connectivity index (χ3v) is 5.34. The lowest BCUT2D eigenvalue weighted by Crippen LogP contribution is -2.48. The van der Waals surface area contributed by atoms with Crippen LogP contribution in [0, 0.1) is 11.7 Å². The van der Waals surface area contributed by atoms with Gasteiger partial charge in [-0.05, 0) is 30.4 Å². The zero-order valence-corrected chi connectivity index (χ0v) is 16.5. The smallest absolute Gasteiger partial charge is 0.328 e. The monoisotopic (exact) mass is 416 g/mol. The molecule has 0 spiro atoms. The largest absolute Gasteiger partial charge is 0.355 e.